The molecule has 8 heteroatoms. The summed E-state index contributed by atoms with van der Waals surface area (Å²) in [5, 5.41) is 12.0. The molecule has 0 atom stereocenters. The monoisotopic (exact) mass is 443 g/mol. The molecule has 3 aromatic rings. The molecular weight excluding hydrogens is 426 g/mol. The fourth-order valence-electron chi connectivity index (χ4n) is 2.45. The summed E-state index contributed by atoms with van der Waals surface area (Å²) in [6.07, 6.45) is 3.43. The van der Waals surface area contributed by atoms with Gasteiger partial charge in [-0.05, 0) is 41.1 Å². The van der Waals surface area contributed by atoms with Crippen molar-refractivity contribution in [3.63, 3.8) is 0 Å². The van der Waals surface area contributed by atoms with E-state index in [-0.39, 0.29) is 11.7 Å². The average molecular weight is 444 g/mol. The zero-order valence-electron chi connectivity index (χ0n) is 14.7. The van der Waals surface area contributed by atoms with Crippen molar-refractivity contribution in [3.8, 4) is 11.4 Å². The topological polar surface area (TPSA) is 72.7 Å². The van der Waals surface area contributed by atoms with Crippen LogP contribution in [0.1, 0.15) is 5.56 Å². The summed E-state index contributed by atoms with van der Waals surface area (Å²) in [6.45, 7) is 6.41. The molecule has 0 aliphatic carbocycles. The second kappa shape index (κ2) is 8.96. The van der Waals surface area contributed by atoms with Crippen LogP contribution in [0.25, 0.3) is 11.4 Å². The number of carbonyl (C=O) groups excluding carboxylic acids is 1. The van der Waals surface area contributed by atoms with Gasteiger partial charge in [0.15, 0.2) is 11.0 Å². The smallest absolute Gasteiger partial charge is 0.236 e. The van der Waals surface area contributed by atoms with Crippen molar-refractivity contribution in [2.75, 3.05) is 11.1 Å². The normalized spacial score (nSPS) is 10.6. The first-order valence-electron chi connectivity index (χ1n) is 8.22. The summed E-state index contributed by atoms with van der Waals surface area (Å²) in [7, 11) is 0. The number of halogens is 1. The number of amides is 1. The summed E-state index contributed by atoms with van der Waals surface area (Å²) in [5.74, 6) is 1.33. The van der Waals surface area contributed by atoms with E-state index in [2.05, 4.69) is 49.1 Å². The van der Waals surface area contributed by atoms with Gasteiger partial charge in [0.05, 0.1) is 5.75 Å². The summed E-state index contributed by atoms with van der Waals surface area (Å²) in [4.78, 5) is 16.3. The predicted octanol–water partition coefficient (Wildman–Crippen LogP) is 4.33. The molecule has 2 heterocycles. The molecule has 0 radical (unpaired) electrons. The van der Waals surface area contributed by atoms with Gasteiger partial charge in [0.1, 0.15) is 5.82 Å². The average Bonchev–Trinajstić information content (AvgIpc) is 3.05. The van der Waals surface area contributed by atoms with Gasteiger partial charge in [0.25, 0.3) is 0 Å². The molecule has 0 unspecified atom stereocenters. The lowest BCUT2D eigenvalue weighted by atomic mass is 10.1. The number of aryl methyl sites for hydroxylation is 1. The molecule has 0 aliphatic heterocycles. The van der Waals surface area contributed by atoms with E-state index < -0.39 is 0 Å². The first-order valence-corrected chi connectivity index (χ1v) is 10.00. The van der Waals surface area contributed by atoms with Gasteiger partial charge < -0.3 is 5.32 Å². The minimum atomic E-state index is -0.153. The Balaban J connectivity index is 1.72. The van der Waals surface area contributed by atoms with Crippen molar-refractivity contribution in [1.82, 2.24) is 19.7 Å². The highest BCUT2D eigenvalue weighted by Crippen LogP contribution is 2.25. The lowest BCUT2D eigenvalue weighted by Crippen LogP contribution is -2.15. The number of pyridine rings is 1. The number of nitrogens with one attached hydrogen (secondary N) is 1. The van der Waals surface area contributed by atoms with Crippen LogP contribution in [0.4, 0.5) is 5.82 Å². The lowest BCUT2D eigenvalue weighted by Gasteiger charge is -2.08. The maximum absolute atomic E-state index is 12.2. The second-order valence-electron chi connectivity index (χ2n) is 5.77. The third-order valence-corrected chi connectivity index (χ3v) is 5.07. The maximum atomic E-state index is 12.2. The molecular formula is C19H18BrN5OS. The molecule has 3 rings (SSSR count). The predicted molar refractivity (Wildman–Crippen MR) is 112 cm³/mol. The van der Waals surface area contributed by atoms with E-state index >= 15 is 0 Å². The van der Waals surface area contributed by atoms with Crippen LogP contribution in [0, 0.1) is 6.92 Å². The fourth-order valence-corrected chi connectivity index (χ4v) is 3.43. The molecule has 0 saturated heterocycles. The van der Waals surface area contributed by atoms with E-state index in [1.165, 1.54) is 11.8 Å². The van der Waals surface area contributed by atoms with E-state index in [1.807, 2.05) is 35.8 Å². The molecule has 0 bridgehead atoms. The van der Waals surface area contributed by atoms with Gasteiger partial charge >= 0.3 is 0 Å². The van der Waals surface area contributed by atoms with Crippen LogP contribution in [0.5, 0.6) is 0 Å². The Bertz CT molecular complexity index is 955. The third-order valence-electron chi connectivity index (χ3n) is 3.63. The van der Waals surface area contributed by atoms with Crippen molar-refractivity contribution >= 4 is 39.4 Å². The van der Waals surface area contributed by atoms with E-state index in [0.29, 0.717) is 17.5 Å². The number of hydrogen-bond acceptors (Lipinski definition) is 5. The number of thioether (sulfide) groups is 1. The molecule has 138 valence electrons. The summed E-state index contributed by atoms with van der Waals surface area (Å²) >= 11 is 4.65. The van der Waals surface area contributed by atoms with Crippen molar-refractivity contribution in [2.24, 2.45) is 0 Å². The third kappa shape index (κ3) is 5.05. The standard InChI is InChI=1S/C19H18BrN5OS/c1-3-9-25-18(14-6-4-5-13(2)10-14)23-24-19(25)27-12-17(26)22-16-8-7-15(20)11-21-16/h3-8,10-11H,1,9,12H2,2H3,(H,21,22,26). The highest BCUT2D eigenvalue weighted by atomic mass is 79.9. The number of nitrogens with zero attached hydrogens (tertiary/aromatic N) is 4. The number of allylic oxidation sites excluding steroid dienone is 1. The SMILES string of the molecule is C=CCn1c(SCC(=O)Nc2ccc(Br)cn2)nnc1-c1cccc(C)c1. The molecule has 0 fully saturated rings. The first-order chi connectivity index (χ1) is 13.1. The second-order valence-corrected chi connectivity index (χ2v) is 7.63. The Morgan fingerprint density at radius 2 is 2.19 bits per heavy atom. The van der Waals surface area contributed by atoms with E-state index in [9.17, 15) is 4.79 Å². The van der Waals surface area contributed by atoms with Crippen molar-refractivity contribution in [2.45, 2.75) is 18.6 Å². The van der Waals surface area contributed by atoms with Gasteiger partial charge in [0.2, 0.25) is 5.91 Å². The van der Waals surface area contributed by atoms with Gasteiger partial charge in [-0.2, -0.15) is 0 Å². The van der Waals surface area contributed by atoms with Crippen LogP contribution < -0.4 is 5.32 Å². The first kappa shape index (κ1) is 19.3. The van der Waals surface area contributed by atoms with Crippen LogP contribution in [0.15, 0.2) is 64.9 Å². The van der Waals surface area contributed by atoms with Crippen LogP contribution in [-0.4, -0.2) is 31.4 Å². The van der Waals surface area contributed by atoms with Crippen molar-refractivity contribution in [3.05, 3.63) is 65.3 Å². The van der Waals surface area contributed by atoms with Crippen molar-refractivity contribution < 1.29 is 4.79 Å². The fraction of sp³-hybridized carbons (Fsp3) is 0.158. The number of hydrogen-bond donors (Lipinski definition) is 1. The maximum Gasteiger partial charge on any atom is 0.236 e. The molecule has 27 heavy (non-hydrogen) atoms. The Hall–Kier alpha value is -2.45. The summed E-state index contributed by atoms with van der Waals surface area (Å²) in [6, 6.07) is 11.6. The Morgan fingerprint density at radius 1 is 1.33 bits per heavy atom. The highest BCUT2D eigenvalue weighted by molar-refractivity contribution is 9.10. The summed E-state index contributed by atoms with van der Waals surface area (Å²) in [5.41, 5.74) is 2.14. The number of benzene rings is 1. The summed E-state index contributed by atoms with van der Waals surface area (Å²) < 4.78 is 2.81. The molecule has 0 aliphatic rings. The van der Waals surface area contributed by atoms with E-state index in [1.54, 1.807) is 18.3 Å². The van der Waals surface area contributed by atoms with Crippen LogP contribution in [0.2, 0.25) is 0 Å². The molecule has 1 N–H and O–H groups in total. The lowest BCUT2D eigenvalue weighted by molar-refractivity contribution is -0.113. The quantitative estimate of drug-likeness (QED) is 0.434. The van der Waals surface area contributed by atoms with E-state index in [4.69, 9.17) is 0 Å². The van der Waals surface area contributed by atoms with Gasteiger partial charge in [-0.15, -0.1) is 16.8 Å². The Morgan fingerprint density at radius 3 is 2.89 bits per heavy atom. The molecule has 0 spiro atoms. The number of aromatic nitrogens is 4. The van der Waals surface area contributed by atoms with Crippen LogP contribution in [-0.2, 0) is 11.3 Å². The number of anilines is 1. The largest absolute Gasteiger partial charge is 0.310 e. The minimum absolute atomic E-state index is 0.153. The zero-order chi connectivity index (χ0) is 19.2. The van der Waals surface area contributed by atoms with Crippen LogP contribution >= 0.6 is 27.7 Å². The van der Waals surface area contributed by atoms with E-state index in [0.717, 1.165) is 21.4 Å². The van der Waals surface area contributed by atoms with Gasteiger partial charge in [0, 0.05) is 22.8 Å². The molecule has 1 aromatic carbocycles. The van der Waals surface area contributed by atoms with Crippen molar-refractivity contribution in [1.29, 1.82) is 0 Å². The molecule has 0 saturated carbocycles. The van der Waals surface area contributed by atoms with Gasteiger partial charge in [-0.1, -0.05) is 41.6 Å². The highest BCUT2D eigenvalue weighted by Gasteiger charge is 2.15. The number of carbonyl (C=O) groups is 1. The Kier molecular flexibility index (Phi) is 6.41. The van der Waals surface area contributed by atoms with Gasteiger partial charge in [-0.3, -0.25) is 9.36 Å². The number of rotatable bonds is 7. The Labute approximate surface area is 170 Å². The molecule has 1 amide bonds. The van der Waals surface area contributed by atoms with Gasteiger partial charge in [-0.25, -0.2) is 4.98 Å². The minimum Gasteiger partial charge on any atom is -0.310 e. The molecule has 6 nitrogen and oxygen atoms in total. The zero-order valence-corrected chi connectivity index (χ0v) is 17.1. The van der Waals surface area contributed by atoms with Crippen LogP contribution in [0.3, 0.4) is 0 Å². The molecule has 2 aromatic heterocycles.